The van der Waals surface area contributed by atoms with Gasteiger partial charge in [0.15, 0.2) is 0 Å². The second-order valence-corrected chi connectivity index (χ2v) is 10.6. The molecule has 1 aliphatic heterocycles. The zero-order valence-corrected chi connectivity index (χ0v) is 18.4. The number of carboxylic acid groups (broad SMARTS) is 1. The number of carbonyl (C=O) groups is 1. The highest BCUT2D eigenvalue weighted by atomic mass is 32.2. The van der Waals surface area contributed by atoms with Crippen LogP contribution in [0.1, 0.15) is 50.8 Å². The second kappa shape index (κ2) is 9.33. The number of alkyl halides is 3. The normalized spacial score (nSPS) is 21.4. The van der Waals surface area contributed by atoms with E-state index in [1.807, 2.05) is 26.8 Å². The van der Waals surface area contributed by atoms with Crippen LogP contribution in [0.25, 0.3) is 0 Å². The van der Waals surface area contributed by atoms with E-state index in [0.717, 1.165) is 38.1 Å². The maximum atomic E-state index is 12.8. The monoisotopic (exact) mass is 450 g/mol. The summed E-state index contributed by atoms with van der Waals surface area (Å²) < 4.78 is 53.1. The van der Waals surface area contributed by atoms with E-state index < -0.39 is 23.5 Å². The van der Waals surface area contributed by atoms with E-state index >= 15 is 0 Å². The maximum absolute atomic E-state index is 12.8. The predicted molar refractivity (Wildman–Crippen MR) is 109 cm³/mol. The quantitative estimate of drug-likeness (QED) is 0.612. The van der Waals surface area contributed by atoms with Crippen molar-refractivity contribution < 1.29 is 32.4 Å². The first-order valence-corrected chi connectivity index (χ1v) is 10.8. The molecule has 0 amide bonds. The van der Waals surface area contributed by atoms with Gasteiger partial charge in [-0.15, -0.1) is 4.72 Å². The Balaban J connectivity index is 0.000000396. The van der Waals surface area contributed by atoms with Gasteiger partial charge in [0.25, 0.3) is 0 Å². The molecule has 1 heterocycles. The van der Waals surface area contributed by atoms with Gasteiger partial charge in [-0.25, -0.2) is 4.79 Å². The maximum Gasteiger partial charge on any atom is 0.490 e. The molecule has 10 heteroatoms. The third kappa shape index (κ3) is 5.81. The first kappa shape index (κ1) is 24.8. The molecule has 2 aliphatic rings. The molecule has 2 atom stereocenters. The molecule has 3 N–H and O–H groups in total. The van der Waals surface area contributed by atoms with Crippen LogP contribution in [0.2, 0.25) is 0 Å². The lowest BCUT2D eigenvalue weighted by Gasteiger charge is -2.40. The number of aliphatic carboxylic acids is 1. The SMILES string of the molecule is COc1ccc2c(c1)[C@@H](N[S+]([O-])C(C)(C)C)C1(CCNCC1)C2.O=C(O)C(F)(F)F. The average Bonchev–Trinajstić information content (AvgIpc) is 2.93. The molecule has 1 unspecified atom stereocenters. The number of halogens is 3. The van der Waals surface area contributed by atoms with Crippen molar-refractivity contribution in [1.82, 2.24) is 10.0 Å². The average molecular weight is 451 g/mol. The Morgan fingerprint density at radius 2 is 1.87 bits per heavy atom. The standard InChI is InChI=1S/C18H28N2O2S.C2HF3O2/c1-17(2,3)23(21)20-16-15-11-14(22-4)6-5-13(15)12-18(16)7-9-19-10-8-18;3-2(4,5)1(6)7/h5-6,11,16,19-20H,7-10,12H2,1-4H3;(H,6,7)/t16-,23?;/m1./s1. The minimum atomic E-state index is -5.08. The van der Waals surface area contributed by atoms with Crippen molar-refractivity contribution in [3.63, 3.8) is 0 Å². The van der Waals surface area contributed by atoms with Crippen molar-refractivity contribution in [2.45, 2.75) is 57.0 Å². The van der Waals surface area contributed by atoms with E-state index in [9.17, 15) is 17.7 Å². The molecule has 3 rings (SSSR count). The van der Waals surface area contributed by atoms with Crippen molar-refractivity contribution in [2.75, 3.05) is 20.2 Å². The Morgan fingerprint density at radius 3 is 2.33 bits per heavy atom. The highest BCUT2D eigenvalue weighted by Crippen LogP contribution is 2.52. The topological polar surface area (TPSA) is 93.6 Å². The lowest BCUT2D eigenvalue weighted by molar-refractivity contribution is -0.192. The van der Waals surface area contributed by atoms with Crippen molar-refractivity contribution in [3.8, 4) is 5.75 Å². The molecule has 1 aromatic carbocycles. The van der Waals surface area contributed by atoms with Crippen molar-refractivity contribution >= 4 is 17.3 Å². The van der Waals surface area contributed by atoms with Gasteiger partial charge in [-0.05, 0) is 76.4 Å². The summed E-state index contributed by atoms with van der Waals surface area (Å²) in [5.41, 5.74) is 2.81. The van der Waals surface area contributed by atoms with Crippen LogP contribution in [-0.4, -0.2) is 46.8 Å². The number of nitrogens with one attached hydrogen (secondary N) is 2. The molecular formula is C20H29F3N2O4S. The summed E-state index contributed by atoms with van der Waals surface area (Å²) in [7, 11) is 1.70. The van der Waals surface area contributed by atoms with Gasteiger partial charge in [0.05, 0.1) is 13.2 Å². The molecular weight excluding hydrogens is 421 g/mol. The minimum absolute atomic E-state index is 0.134. The van der Waals surface area contributed by atoms with Crippen LogP contribution >= 0.6 is 0 Å². The summed E-state index contributed by atoms with van der Waals surface area (Å²) in [4.78, 5) is 8.90. The summed E-state index contributed by atoms with van der Waals surface area (Å²) in [6.07, 6.45) is -1.79. The first-order chi connectivity index (χ1) is 13.8. The molecule has 1 aromatic rings. The van der Waals surface area contributed by atoms with E-state index in [4.69, 9.17) is 14.6 Å². The summed E-state index contributed by atoms with van der Waals surface area (Å²) in [6, 6.07) is 6.48. The Hall–Kier alpha value is -1.49. The van der Waals surface area contributed by atoms with E-state index in [2.05, 4.69) is 22.2 Å². The fourth-order valence-corrected chi connectivity index (χ4v) is 4.75. The number of carboxylic acids is 1. The van der Waals surface area contributed by atoms with Crippen LogP contribution in [0, 0.1) is 5.41 Å². The van der Waals surface area contributed by atoms with Gasteiger partial charge in [-0.3, -0.25) is 0 Å². The Morgan fingerprint density at radius 1 is 1.30 bits per heavy atom. The number of fused-ring (bicyclic) bond motifs is 1. The number of benzene rings is 1. The van der Waals surface area contributed by atoms with E-state index in [1.54, 1.807) is 7.11 Å². The molecule has 0 radical (unpaired) electrons. The van der Waals surface area contributed by atoms with E-state index in [1.165, 1.54) is 11.1 Å². The second-order valence-electron chi connectivity index (χ2n) is 8.59. The summed E-state index contributed by atoms with van der Waals surface area (Å²) in [5, 5.41) is 10.6. The molecule has 0 saturated carbocycles. The van der Waals surface area contributed by atoms with Crippen LogP contribution < -0.4 is 14.8 Å². The summed E-state index contributed by atoms with van der Waals surface area (Å²) in [5.74, 6) is -1.88. The Bertz CT molecular complexity index is 747. The number of piperidine rings is 1. The molecule has 1 aliphatic carbocycles. The summed E-state index contributed by atoms with van der Waals surface area (Å²) in [6.45, 7) is 8.13. The highest BCUT2D eigenvalue weighted by Gasteiger charge is 2.49. The Labute approximate surface area is 177 Å². The third-order valence-corrected chi connectivity index (χ3v) is 7.00. The van der Waals surface area contributed by atoms with Crippen LogP contribution in [0.4, 0.5) is 13.2 Å². The Kier molecular flexibility index (Phi) is 7.71. The van der Waals surface area contributed by atoms with Crippen LogP contribution in [-0.2, 0) is 22.6 Å². The van der Waals surface area contributed by atoms with E-state index in [-0.39, 0.29) is 16.2 Å². The number of ether oxygens (including phenoxy) is 1. The lowest BCUT2D eigenvalue weighted by Crippen LogP contribution is -2.48. The highest BCUT2D eigenvalue weighted by molar-refractivity contribution is 7.90. The van der Waals surface area contributed by atoms with Gasteiger partial charge < -0.3 is 19.7 Å². The molecule has 170 valence electrons. The number of rotatable bonds is 3. The molecule has 1 saturated heterocycles. The first-order valence-electron chi connectivity index (χ1n) is 9.66. The van der Waals surface area contributed by atoms with Crippen LogP contribution in [0.3, 0.4) is 0 Å². The fraction of sp³-hybridized carbons (Fsp3) is 0.650. The molecule has 1 fully saturated rings. The zero-order chi connectivity index (χ0) is 22.7. The summed E-state index contributed by atoms with van der Waals surface area (Å²) >= 11 is -1.08. The number of hydrogen-bond acceptors (Lipinski definition) is 5. The third-order valence-electron chi connectivity index (χ3n) is 5.44. The van der Waals surface area contributed by atoms with Gasteiger partial charge in [0, 0.05) is 16.8 Å². The van der Waals surface area contributed by atoms with Crippen molar-refractivity contribution in [2.24, 2.45) is 5.41 Å². The molecule has 1 spiro atoms. The number of methoxy groups -OCH3 is 1. The van der Waals surface area contributed by atoms with Crippen LogP contribution in [0.5, 0.6) is 5.75 Å². The molecule has 6 nitrogen and oxygen atoms in total. The molecule has 0 bridgehead atoms. The van der Waals surface area contributed by atoms with Crippen molar-refractivity contribution in [3.05, 3.63) is 29.3 Å². The minimum Gasteiger partial charge on any atom is -0.598 e. The van der Waals surface area contributed by atoms with Gasteiger partial charge in [-0.1, -0.05) is 6.07 Å². The smallest absolute Gasteiger partial charge is 0.490 e. The fourth-order valence-electron chi connectivity index (χ4n) is 3.80. The van der Waals surface area contributed by atoms with Crippen molar-refractivity contribution in [1.29, 1.82) is 0 Å². The van der Waals surface area contributed by atoms with Gasteiger partial charge in [0.1, 0.15) is 10.5 Å². The van der Waals surface area contributed by atoms with Crippen LogP contribution in [0.15, 0.2) is 18.2 Å². The largest absolute Gasteiger partial charge is 0.598 e. The van der Waals surface area contributed by atoms with E-state index in [0.29, 0.717) is 0 Å². The molecule has 0 aromatic heterocycles. The number of hydrogen-bond donors (Lipinski definition) is 3. The predicted octanol–water partition coefficient (Wildman–Crippen LogP) is 3.35. The van der Waals surface area contributed by atoms with Gasteiger partial charge in [0.2, 0.25) is 0 Å². The van der Waals surface area contributed by atoms with Gasteiger partial charge >= 0.3 is 12.1 Å². The zero-order valence-electron chi connectivity index (χ0n) is 17.6. The lowest BCUT2D eigenvalue weighted by atomic mass is 9.73. The van der Waals surface area contributed by atoms with Gasteiger partial charge in [-0.2, -0.15) is 13.2 Å². The molecule has 30 heavy (non-hydrogen) atoms.